The Labute approximate surface area is 129 Å². The number of anilines is 1. The van der Waals surface area contributed by atoms with Crippen LogP contribution >= 0.6 is 15.9 Å². The van der Waals surface area contributed by atoms with Crippen LogP contribution in [0.15, 0.2) is 46.3 Å². The van der Waals surface area contributed by atoms with Gasteiger partial charge in [0.2, 0.25) is 0 Å². The Morgan fingerprint density at radius 3 is 2.86 bits per heavy atom. The van der Waals surface area contributed by atoms with Crippen molar-refractivity contribution in [1.82, 2.24) is 4.98 Å². The first-order chi connectivity index (χ1) is 10.0. The number of rotatable bonds is 3. The number of nitrogens with zero attached hydrogens (tertiary/aromatic N) is 2. The number of aryl methyl sites for hydroxylation is 1. The van der Waals surface area contributed by atoms with Crippen LogP contribution in [0.4, 0.5) is 5.69 Å². The first-order valence-corrected chi connectivity index (χ1v) is 6.81. The van der Waals surface area contributed by atoms with E-state index in [0.717, 1.165) is 5.56 Å². The number of pyridine rings is 1. The molecule has 2 rings (SSSR count). The molecular formula is C14H13BrN4O2. The minimum absolute atomic E-state index is 0.0595. The maximum absolute atomic E-state index is 12.2. The van der Waals surface area contributed by atoms with Crippen LogP contribution in [0.2, 0.25) is 0 Å². The van der Waals surface area contributed by atoms with Crippen molar-refractivity contribution in [2.24, 2.45) is 10.9 Å². The molecule has 0 aliphatic heterocycles. The number of carbonyl (C=O) groups is 1. The molecule has 0 aliphatic rings. The van der Waals surface area contributed by atoms with E-state index in [9.17, 15) is 4.79 Å². The number of hydrogen-bond acceptors (Lipinski definition) is 4. The molecule has 0 atom stereocenters. The lowest BCUT2D eigenvalue weighted by Gasteiger charge is -2.12. The van der Waals surface area contributed by atoms with Gasteiger partial charge in [0.1, 0.15) is 0 Å². The summed E-state index contributed by atoms with van der Waals surface area (Å²) in [4.78, 5) is 16.2. The predicted octanol–water partition coefficient (Wildman–Crippen LogP) is 2.50. The average Bonchev–Trinajstić information content (AvgIpc) is 2.46. The first kappa shape index (κ1) is 15.0. The molecule has 6 nitrogen and oxygen atoms in total. The highest BCUT2D eigenvalue weighted by molar-refractivity contribution is 9.10. The molecule has 0 radical (unpaired) electrons. The maximum atomic E-state index is 12.2. The van der Waals surface area contributed by atoms with Gasteiger partial charge in [-0.05, 0) is 40.5 Å². The molecule has 21 heavy (non-hydrogen) atoms. The zero-order valence-corrected chi connectivity index (χ0v) is 12.8. The molecule has 0 saturated carbocycles. The fourth-order valence-corrected chi connectivity index (χ4v) is 2.26. The lowest BCUT2D eigenvalue weighted by molar-refractivity contribution is 0.102. The van der Waals surface area contributed by atoms with Crippen molar-refractivity contribution in [2.45, 2.75) is 6.92 Å². The van der Waals surface area contributed by atoms with Gasteiger partial charge >= 0.3 is 0 Å². The van der Waals surface area contributed by atoms with Crippen molar-refractivity contribution in [1.29, 1.82) is 0 Å². The topological polar surface area (TPSA) is 101 Å². The lowest BCUT2D eigenvalue weighted by Crippen LogP contribution is -2.20. The summed E-state index contributed by atoms with van der Waals surface area (Å²) in [5.74, 6) is -0.392. The number of oxime groups is 1. The molecule has 0 aliphatic carbocycles. The zero-order valence-electron chi connectivity index (χ0n) is 11.2. The van der Waals surface area contributed by atoms with Crippen LogP contribution in [-0.2, 0) is 0 Å². The van der Waals surface area contributed by atoms with E-state index in [0.29, 0.717) is 21.3 Å². The van der Waals surface area contributed by atoms with E-state index in [1.165, 1.54) is 6.20 Å². The molecule has 1 amide bonds. The molecule has 108 valence electrons. The van der Waals surface area contributed by atoms with Gasteiger partial charge in [0, 0.05) is 22.4 Å². The standard InChI is InChI=1S/C14H13BrN4O2/c1-8-3-2-4-11(12(8)13(16)19-21)18-14(20)9-5-10(15)7-17-6-9/h2-7,21H,1H3,(H2,16,19)(H,18,20). The third-order valence-corrected chi connectivity index (χ3v) is 3.29. The van der Waals surface area contributed by atoms with Gasteiger partial charge in [-0.3, -0.25) is 9.78 Å². The highest BCUT2D eigenvalue weighted by atomic mass is 79.9. The molecule has 0 fully saturated rings. The highest BCUT2D eigenvalue weighted by Crippen LogP contribution is 2.20. The Bertz CT molecular complexity index is 716. The second-order valence-electron chi connectivity index (χ2n) is 4.33. The number of nitrogens with one attached hydrogen (secondary N) is 1. The molecule has 1 aromatic carbocycles. The van der Waals surface area contributed by atoms with Crippen molar-refractivity contribution in [3.05, 3.63) is 57.8 Å². The first-order valence-electron chi connectivity index (χ1n) is 6.02. The van der Waals surface area contributed by atoms with Crippen molar-refractivity contribution in [3.8, 4) is 0 Å². The molecule has 0 spiro atoms. The van der Waals surface area contributed by atoms with Crippen LogP contribution in [0.1, 0.15) is 21.5 Å². The van der Waals surface area contributed by atoms with Gasteiger partial charge in [-0.1, -0.05) is 17.3 Å². The van der Waals surface area contributed by atoms with Crippen LogP contribution in [0.3, 0.4) is 0 Å². The van der Waals surface area contributed by atoms with Crippen LogP contribution in [0.25, 0.3) is 0 Å². The number of carbonyl (C=O) groups excluding carboxylic acids is 1. The van der Waals surface area contributed by atoms with Crippen molar-refractivity contribution in [2.75, 3.05) is 5.32 Å². The SMILES string of the molecule is Cc1cccc(NC(=O)c2cncc(Br)c2)c1/C(N)=N/O. The van der Waals surface area contributed by atoms with Crippen molar-refractivity contribution < 1.29 is 10.0 Å². The fourth-order valence-electron chi connectivity index (χ4n) is 1.89. The number of amides is 1. The third kappa shape index (κ3) is 3.38. The maximum Gasteiger partial charge on any atom is 0.257 e. The van der Waals surface area contributed by atoms with Gasteiger partial charge in [0.05, 0.1) is 11.3 Å². The summed E-state index contributed by atoms with van der Waals surface area (Å²) >= 11 is 3.26. The Morgan fingerprint density at radius 2 is 2.19 bits per heavy atom. The summed E-state index contributed by atoms with van der Waals surface area (Å²) in [6.45, 7) is 1.81. The van der Waals surface area contributed by atoms with E-state index in [1.807, 2.05) is 13.0 Å². The summed E-state index contributed by atoms with van der Waals surface area (Å²) in [6.07, 6.45) is 3.05. The molecule has 0 unspecified atom stereocenters. The Kier molecular flexibility index (Phi) is 4.54. The second-order valence-corrected chi connectivity index (χ2v) is 5.24. The van der Waals surface area contributed by atoms with Crippen LogP contribution in [0.5, 0.6) is 0 Å². The Morgan fingerprint density at radius 1 is 1.43 bits per heavy atom. The van der Waals surface area contributed by atoms with E-state index in [-0.39, 0.29) is 11.7 Å². The van der Waals surface area contributed by atoms with E-state index in [1.54, 1.807) is 24.4 Å². The normalized spacial score (nSPS) is 11.2. The number of amidine groups is 1. The van der Waals surface area contributed by atoms with Gasteiger partial charge in [0.25, 0.3) is 5.91 Å². The monoisotopic (exact) mass is 348 g/mol. The molecule has 2 aromatic rings. The van der Waals surface area contributed by atoms with Gasteiger partial charge in [0.15, 0.2) is 5.84 Å². The minimum Gasteiger partial charge on any atom is -0.409 e. The lowest BCUT2D eigenvalue weighted by atomic mass is 10.1. The van der Waals surface area contributed by atoms with E-state index >= 15 is 0 Å². The predicted molar refractivity (Wildman–Crippen MR) is 83.6 cm³/mol. The molecule has 4 N–H and O–H groups in total. The zero-order chi connectivity index (χ0) is 15.4. The second kappa shape index (κ2) is 6.36. The number of nitrogens with two attached hydrogens (primary N) is 1. The Hall–Kier alpha value is -2.41. The highest BCUT2D eigenvalue weighted by Gasteiger charge is 2.14. The number of benzene rings is 1. The van der Waals surface area contributed by atoms with Crippen molar-refractivity contribution in [3.63, 3.8) is 0 Å². The van der Waals surface area contributed by atoms with Gasteiger partial charge in [-0.25, -0.2) is 0 Å². The molecule has 1 heterocycles. The van der Waals surface area contributed by atoms with Crippen molar-refractivity contribution >= 4 is 33.4 Å². The van der Waals surface area contributed by atoms with Crippen LogP contribution in [-0.4, -0.2) is 21.9 Å². The molecular weight excluding hydrogens is 336 g/mol. The van der Waals surface area contributed by atoms with Crippen LogP contribution < -0.4 is 11.1 Å². The molecule has 0 saturated heterocycles. The number of halogens is 1. The minimum atomic E-state index is -0.332. The summed E-state index contributed by atoms with van der Waals surface area (Å²) in [5, 5.41) is 14.6. The van der Waals surface area contributed by atoms with E-state index < -0.39 is 0 Å². The van der Waals surface area contributed by atoms with E-state index in [4.69, 9.17) is 10.9 Å². The largest absolute Gasteiger partial charge is 0.409 e. The molecule has 7 heteroatoms. The third-order valence-electron chi connectivity index (χ3n) is 2.85. The summed E-state index contributed by atoms with van der Waals surface area (Å²) in [7, 11) is 0. The fraction of sp³-hybridized carbons (Fsp3) is 0.0714. The molecule has 1 aromatic heterocycles. The Balaban J connectivity index is 2.36. The van der Waals surface area contributed by atoms with Gasteiger partial charge < -0.3 is 16.3 Å². The number of aromatic nitrogens is 1. The summed E-state index contributed by atoms with van der Waals surface area (Å²) < 4.78 is 0.705. The van der Waals surface area contributed by atoms with Gasteiger partial charge in [-0.15, -0.1) is 0 Å². The number of hydrogen-bond donors (Lipinski definition) is 3. The summed E-state index contributed by atoms with van der Waals surface area (Å²) in [5.41, 5.74) is 7.80. The smallest absolute Gasteiger partial charge is 0.257 e. The quantitative estimate of drug-likeness (QED) is 0.343. The average molecular weight is 349 g/mol. The summed E-state index contributed by atoms with van der Waals surface area (Å²) in [6, 6.07) is 6.92. The van der Waals surface area contributed by atoms with Gasteiger partial charge in [-0.2, -0.15) is 0 Å². The van der Waals surface area contributed by atoms with Crippen LogP contribution in [0, 0.1) is 6.92 Å². The van der Waals surface area contributed by atoms with E-state index in [2.05, 4.69) is 31.4 Å². The molecule has 0 bridgehead atoms.